The third-order valence-electron chi connectivity index (χ3n) is 2.99. The summed E-state index contributed by atoms with van der Waals surface area (Å²) < 4.78 is 5.43. The standard InChI is InChI=1S/C11H26N2O/c1-6-7-9(2)8-10(13-12)11(3,4)14-5/h9-10,13H,6-8,12H2,1-5H3. The van der Waals surface area contributed by atoms with Crippen molar-refractivity contribution in [3.63, 3.8) is 0 Å². The molecule has 0 bridgehead atoms. The predicted molar refractivity (Wildman–Crippen MR) is 60.9 cm³/mol. The van der Waals surface area contributed by atoms with Gasteiger partial charge in [0.1, 0.15) is 0 Å². The van der Waals surface area contributed by atoms with Crippen molar-refractivity contribution < 1.29 is 4.74 Å². The van der Waals surface area contributed by atoms with E-state index in [2.05, 4.69) is 33.1 Å². The number of methoxy groups -OCH3 is 1. The zero-order chi connectivity index (χ0) is 11.2. The summed E-state index contributed by atoms with van der Waals surface area (Å²) in [6, 6.07) is 0.217. The molecule has 0 aromatic rings. The van der Waals surface area contributed by atoms with Crippen molar-refractivity contribution in [1.29, 1.82) is 0 Å². The molecular formula is C11H26N2O. The van der Waals surface area contributed by atoms with Crippen LogP contribution in [0.25, 0.3) is 0 Å². The Kier molecular flexibility index (Phi) is 6.33. The van der Waals surface area contributed by atoms with Gasteiger partial charge in [-0.05, 0) is 26.2 Å². The number of hydrazine groups is 1. The second-order valence-electron chi connectivity index (χ2n) is 4.66. The number of nitrogens with two attached hydrogens (primary N) is 1. The number of hydrogen-bond donors (Lipinski definition) is 2. The van der Waals surface area contributed by atoms with Gasteiger partial charge in [-0.1, -0.05) is 26.7 Å². The van der Waals surface area contributed by atoms with Gasteiger partial charge in [0.15, 0.2) is 0 Å². The first-order valence-corrected chi connectivity index (χ1v) is 5.49. The third kappa shape index (κ3) is 4.40. The van der Waals surface area contributed by atoms with E-state index in [-0.39, 0.29) is 11.6 Å². The van der Waals surface area contributed by atoms with Gasteiger partial charge in [0.25, 0.3) is 0 Å². The Morgan fingerprint density at radius 2 is 2.00 bits per heavy atom. The van der Waals surface area contributed by atoms with Crippen LogP contribution in [0, 0.1) is 5.92 Å². The molecule has 0 aliphatic carbocycles. The molecule has 86 valence electrons. The quantitative estimate of drug-likeness (QED) is 0.491. The van der Waals surface area contributed by atoms with Crippen LogP contribution in [-0.2, 0) is 4.74 Å². The minimum Gasteiger partial charge on any atom is -0.377 e. The first kappa shape index (κ1) is 13.9. The first-order chi connectivity index (χ1) is 6.47. The van der Waals surface area contributed by atoms with Crippen LogP contribution < -0.4 is 11.3 Å². The van der Waals surface area contributed by atoms with Crippen LogP contribution in [0.15, 0.2) is 0 Å². The molecule has 3 N–H and O–H groups in total. The van der Waals surface area contributed by atoms with E-state index in [1.165, 1.54) is 12.8 Å². The largest absolute Gasteiger partial charge is 0.377 e. The molecule has 0 amide bonds. The summed E-state index contributed by atoms with van der Waals surface area (Å²) in [6.07, 6.45) is 3.54. The molecule has 0 rings (SSSR count). The molecule has 3 nitrogen and oxygen atoms in total. The average Bonchev–Trinajstić information content (AvgIpc) is 2.14. The van der Waals surface area contributed by atoms with Crippen LogP contribution in [0.3, 0.4) is 0 Å². The maximum atomic E-state index is 5.55. The molecule has 0 aromatic carbocycles. The Morgan fingerprint density at radius 3 is 2.36 bits per heavy atom. The van der Waals surface area contributed by atoms with Crippen molar-refractivity contribution in [3.05, 3.63) is 0 Å². The van der Waals surface area contributed by atoms with Gasteiger partial charge in [-0.25, -0.2) is 0 Å². The number of nitrogens with one attached hydrogen (secondary N) is 1. The summed E-state index contributed by atoms with van der Waals surface area (Å²) in [7, 11) is 1.73. The summed E-state index contributed by atoms with van der Waals surface area (Å²) in [6.45, 7) is 8.61. The van der Waals surface area contributed by atoms with Gasteiger partial charge in [-0.2, -0.15) is 0 Å². The smallest absolute Gasteiger partial charge is 0.0788 e. The van der Waals surface area contributed by atoms with Gasteiger partial charge in [-0.3, -0.25) is 11.3 Å². The second kappa shape index (κ2) is 6.38. The zero-order valence-corrected chi connectivity index (χ0v) is 10.3. The fourth-order valence-corrected chi connectivity index (χ4v) is 1.71. The van der Waals surface area contributed by atoms with E-state index in [1.54, 1.807) is 7.11 Å². The second-order valence-corrected chi connectivity index (χ2v) is 4.66. The zero-order valence-electron chi connectivity index (χ0n) is 10.3. The van der Waals surface area contributed by atoms with E-state index in [0.717, 1.165) is 6.42 Å². The van der Waals surface area contributed by atoms with E-state index >= 15 is 0 Å². The van der Waals surface area contributed by atoms with Crippen LogP contribution in [0.1, 0.15) is 47.0 Å². The molecule has 0 saturated heterocycles. The van der Waals surface area contributed by atoms with Gasteiger partial charge < -0.3 is 4.74 Å². The van der Waals surface area contributed by atoms with Crippen LogP contribution in [0.2, 0.25) is 0 Å². The van der Waals surface area contributed by atoms with E-state index in [4.69, 9.17) is 10.6 Å². The van der Waals surface area contributed by atoms with Crippen LogP contribution in [-0.4, -0.2) is 18.8 Å². The van der Waals surface area contributed by atoms with Crippen molar-refractivity contribution in [2.24, 2.45) is 11.8 Å². The average molecular weight is 202 g/mol. The molecule has 2 unspecified atom stereocenters. The lowest BCUT2D eigenvalue weighted by atomic mass is 9.88. The molecule has 0 heterocycles. The van der Waals surface area contributed by atoms with Gasteiger partial charge in [0, 0.05) is 13.2 Å². The van der Waals surface area contributed by atoms with E-state index in [1.807, 2.05) is 0 Å². The highest BCUT2D eigenvalue weighted by atomic mass is 16.5. The highest BCUT2D eigenvalue weighted by Gasteiger charge is 2.29. The number of rotatable bonds is 7. The monoisotopic (exact) mass is 202 g/mol. The van der Waals surface area contributed by atoms with Crippen molar-refractivity contribution >= 4 is 0 Å². The highest BCUT2D eigenvalue weighted by Crippen LogP contribution is 2.21. The normalized spacial score (nSPS) is 16.7. The topological polar surface area (TPSA) is 47.3 Å². The summed E-state index contributed by atoms with van der Waals surface area (Å²) in [4.78, 5) is 0. The molecule has 0 spiro atoms. The van der Waals surface area contributed by atoms with Crippen LogP contribution >= 0.6 is 0 Å². The Balaban J connectivity index is 4.14. The molecule has 0 aromatic heterocycles. The fourth-order valence-electron chi connectivity index (χ4n) is 1.71. The van der Waals surface area contributed by atoms with Crippen LogP contribution in [0.5, 0.6) is 0 Å². The summed E-state index contributed by atoms with van der Waals surface area (Å²) in [5.74, 6) is 6.24. The Labute approximate surface area is 88.4 Å². The minimum atomic E-state index is -0.198. The Hall–Kier alpha value is -0.120. The molecule has 0 aliphatic rings. The molecule has 3 heteroatoms. The minimum absolute atomic E-state index is 0.198. The molecule has 0 radical (unpaired) electrons. The number of hydrogen-bond acceptors (Lipinski definition) is 3. The lowest BCUT2D eigenvalue weighted by Gasteiger charge is -2.34. The maximum absolute atomic E-state index is 5.55. The summed E-state index contributed by atoms with van der Waals surface area (Å²) in [5.41, 5.74) is 2.66. The van der Waals surface area contributed by atoms with Crippen molar-refractivity contribution in [2.45, 2.75) is 58.6 Å². The SMILES string of the molecule is CCCC(C)CC(NN)C(C)(C)OC. The van der Waals surface area contributed by atoms with E-state index < -0.39 is 0 Å². The Bertz CT molecular complexity index is 148. The Morgan fingerprint density at radius 1 is 1.43 bits per heavy atom. The van der Waals surface area contributed by atoms with Crippen molar-refractivity contribution in [2.75, 3.05) is 7.11 Å². The van der Waals surface area contributed by atoms with E-state index in [0.29, 0.717) is 5.92 Å². The number of ether oxygens (including phenoxy) is 1. The lowest BCUT2D eigenvalue weighted by Crippen LogP contribution is -2.51. The molecule has 0 fully saturated rings. The van der Waals surface area contributed by atoms with Gasteiger partial charge in [-0.15, -0.1) is 0 Å². The molecular weight excluding hydrogens is 176 g/mol. The van der Waals surface area contributed by atoms with E-state index in [9.17, 15) is 0 Å². The highest BCUT2D eigenvalue weighted by molar-refractivity contribution is 4.84. The van der Waals surface area contributed by atoms with Gasteiger partial charge in [0.05, 0.1) is 5.60 Å². The first-order valence-electron chi connectivity index (χ1n) is 5.49. The summed E-state index contributed by atoms with van der Waals surface area (Å²) in [5, 5.41) is 0. The van der Waals surface area contributed by atoms with Crippen molar-refractivity contribution in [3.8, 4) is 0 Å². The van der Waals surface area contributed by atoms with Gasteiger partial charge >= 0.3 is 0 Å². The lowest BCUT2D eigenvalue weighted by molar-refractivity contribution is -0.0166. The van der Waals surface area contributed by atoms with Crippen molar-refractivity contribution in [1.82, 2.24) is 5.43 Å². The summed E-state index contributed by atoms with van der Waals surface area (Å²) >= 11 is 0. The molecule has 2 atom stereocenters. The predicted octanol–water partition coefficient (Wildman–Crippen LogP) is 2.07. The molecule has 0 saturated carbocycles. The molecule has 14 heavy (non-hydrogen) atoms. The van der Waals surface area contributed by atoms with Gasteiger partial charge in [0.2, 0.25) is 0 Å². The van der Waals surface area contributed by atoms with Crippen LogP contribution in [0.4, 0.5) is 0 Å². The third-order valence-corrected chi connectivity index (χ3v) is 2.99. The maximum Gasteiger partial charge on any atom is 0.0788 e. The fraction of sp³-hybridized carbons (Fsp3) is 1.00. The molecule has 0 aliphatic heterocycles.